The van der Waals surface area contributed by atoms with Crippen molar-refractivity contribution in [1.29, 1.82) is 0 Å². The number of aryl methyl sites for hydroxylation is 1. The van der Waals surface area contributed by atoms with Crippen molar-refractivity contribution in [3.63, 3.8) is 0 Å². The molecule has 1 aliphatic carbocycles. The Morgan fingerprint density at radius 1 is 1.25 bits per heavy atom. The summed E-state index contributed by atoms with van der Waals surface area (Å²) < 4.78 is 2.06. The Morgan fingerprint density at radius 2 is 2.07 bits per heavy atom. The normalized spacial score (nSPS) is 15.9. The van der Waals surface area contributed by atoms with Crippen LogP contribution in [0.3, 0.4) is 0 Å². The van der Waals surface area contributed by atoms with Crippen LogP contribution in [0.5, 0.6) is 0 Å². The van der Waals surface area contributed by atoms with Gasteiger partial charge in [-0.05, 0) is 56.1 Å². The average molecular weight is 498 g/mol. The van der Waals surface area contributed by atoms with Crippen LogP contribution in [0.4, 0.5) is 0 Å². The minimum Gasteiger partial charge on any atom is -0.357 e. The van der Waals surface area contributed by atoms with Gasteiger partial charge in [0.1, 0.15) is 5.82 Å². The SMILES string of the molecule is CCNC(=NCC1(CC(C)C)CCC1)NCCCc1nnc2ccccn12.I. The number of aliphatic imine (C=N–C) groups is 1. The number of fused-ring (bicyclic) bond motifs is 1. The third kappa shape index (κ3) is 6.06. The molecule has 3 rings (SSSR count). The van der Waals surface area contributed by atoms with Gasteiger partial charge >= 0.3 is 0 Å². The monoisotopic (exact) mass is 498 g/mol. The van der Waals surface area contributed by atoms with Gasteiger partial charge in [-0.2, -0.15) is 0 Å². The predicted molar refractivity (Wildman–Crippen MR) is 126 cm³/mol. The molecule has 7 heteroatoms. The second-order valence-electron chi connectivity index (χ2n) is 8.22. The van der Waals surface area contributed by atoms with Gasteiger partial charge in [-0.15, -0.1) is 34.2 Å². The van der Waals surface area contributed by atoms with Crippen molar-refractivity contribution in [1.82, 2.24) is 25.2 Å². The zero-order valence-electron chi connectivity index (χ0n) is 17.4. The molecule has 28 heavy (non-hydrogen) atoms. The van der Waals surface area contributed by atoms with Crippen LogP contribution in [0.2, 0.25) is 0 Å². The summed E-state index contributed by atoms with van der Waals surface area (Å²) in [6.07, 6.45) is 9.22. The second-order valence-corrected chi connectivity index (χ2v) is 8.22. The van der Waals surface area contributed by atoms with Crippen LogP contribution in [0.25, 0.3) is 5.65 Å². The fourth-order valence-corrected chi connectivity index (χ4v) is 4.07. The van der Waals surface area contributed by atoms with Crippen LogP contribution in [-0.4, -0.2) is 40.2 Å². The van der Waals surface area contributed by atoms with Crippen molar-refractivity contribution in [2.75, 3.05) is 19.6 Å². The quantitative estimate of drug-likeness (QED) is 0.237. The zero-order chi connectivity index (χ0) is 19.1. The fourth-order valence-electron chi connectivity index (χ4n) is 4.07. The molecule has 2 aromatic rings. The highest BCUT2D eigenvalue weighted by Crippen LogP contribution is 2.46. The Kier molecular flexibility index (Phi) is 8.98. The Labute approximate surface area is 186 Å². The van der Waals surface area contributed by atoms with Crippen LogP contribution >= 0.6 is 24.0 Å². The number of aromatic nitrogens is 3. The van der Waals surface area contributed by atoms with E-state index in [4.69, 9.17) is 4.99 Å². The Morgan fingerprint density at radius 3 is 2.75 bits per heavy atom. The number of nitrogens with one attached hydrogen (secondary N) is 2. The van der Waals surface area contributed by atoms with E-state index in [1.807, 2.05) is 24.4 Å². The standard InChI is InChI=1S/C21H34N6.HI/c1-4-22-20(24-16-21(11-8-12-21)15-17(2)3)23-13-7-10-19-26-25-18-9-5-6-14-27(18)19;/h5-6,9,14,17H,4,7-8,10-13,15-16H2,1-3H3,(H2,22,23,24);1H. The van der Waals surface area contributed by atoms with E-state index in [0.29, 0.717) is 5.41 Å². The summed E-state index contributed by atoms with van der Waals surface area (Å²) in [6, 6.07) is 5.99. The summed E-state index contributed by atoms with van der Waals surface area (Å²) >= 11 is 0. The van der Waals surface area contributed by atoms with Gasteiger partial charge < -0.3 is 10.6 Å². The van der Waals surface area contributed by atoms with Crippen molar-refractivity contribution < 1.29 is 0 Å². The first-order chi connectivity index (χ1) is 13.1. The van der Waals surface area contributed by atoms with Crippen molar-refractivity contribution in [2.45, 2.75) is 59.3 Å². The molecule has 1 saturated carbocycles. The highest BCUT2D eigenvalue weighted by molar-refractivity contribution is 14.0. The van der Waals surface area contributed by atoms with Gasteiger partial charge in [-0.25, -0.2) is 0 Å². The zero-order valence-corrected chi connectivity index (χ0v) is 19.8. The fraction of sp³-hybridized carbons (Fsp3) is 0.667. The predicted octanol–water partition coefficient (Wildman–Crippen LogP) is 4.05. The van der Waals surface area contributed by atoms with Crippen LogP contribution in [-0.2, 0) is 6.42 Å². The molecule has 0 saturated heterocycles. The number of halogens is 1. The van der Waals surface area contributed by atoms with Crippen molar-refractivity contribution in [3.8, 4) is 0 Å². The summed E-state index contributed by atoms with van der Waals surface area (Å²) in [5.41, 5.74) is 1.35. The van der Waals surface area contributed by atoms with Crippen LogP contribution in [0, 0.1) is 11.3 Å². The average Bonchev–Trinajstić information content (AvgIpc) is 3.03. The van der Waals surface area contributed by atoms with E-state index in [2.05, 4.69) is 46.0 Å². The van der Waals surface area contributed by atoms with Gasteiger partial charge in [0.05, 0.1) is 0 Å². The summed E-state index contributed by atoms with van der Waals surface area (Å²) in [6.45, 7) is 9.47. The van der Waals surface area contributed by atoms with Crippen LogP contribution in [0.15, 0.2) is 29.4 Å². The van der Waals surface area contributed by atoms with Crippen molar-refractivity contribution in [2.24, 2.45) is 16.3 Å². The van der Waals surface area contributed by atoms with Gasteiger partial charge in [0.15, 0.2) is 11.6 Å². The smallest absolute Gasteiger partial charge is 0.191 e. The Balaban J connectivity index is 0.00000280. The lowest BCUT2D eigenvalue weighted by Gasteiger charge is -2.42. The maximum Gasteiger partial charge on any atom is 0.191 e. The number of pyridine rings is 1. The van der Waals surface area contributed by atoms with E-state index >= 15 is 0 Å². The summed E-state index contributed by atoms with van der Waals surface area (Å²) in [7, 11) is 0. The van der Waals surface area contributed by atoms with Gasteiger partial charge in [0, 0.05) is 32.3 Å². The molecule has 0 amide bonds. The highest BCUT2D eigenvalue weighted by atomic mass is 127. The van der Waals surface area contributed by atoms with Gasteiger partial charge in [-0.3, -0.25) is 9.39 Å². The van der Waals surface area contributed by atoms with Gasteiger partial charge in [-0.1, -0.05) is 26.3 Å². The highest BCUT2D eigenvalue weighted by Gasteiger charge is 2.37. The number of guanidine groups is 1. The lowest BCUT2D eigenvalue weighted by atomic mass is 9.64. The molecule has 6 nitrogen and oxygen atoms in total. The van der Waals surface area contributed by atoms with Crippen LogP contribution in [0.1, 0.15) is 58.7 Å². The first-order valence-electron chi connectivity index (χ1n) is 10.4. The van der Waals surface area contributed by atoms with E-state index in [1.54, 1.807) is 0 Å². The molecular formula is C21H35IN6. The first-order valence-corrected chi connectivity index (χ1v) is 10.4. The molecule has 0 spiro atoms. The molecule has 1 fully saturated rings. The van der Waals surface area contributed by atoms with E-state index in [9.17, 15) is 0 Å². The van der Waals surface area contributed by atoms with Crippen molar-refractivity contribution in [3.05, 3.63) is 30.2 Å². The third-order valence-electron chi connectivity index (χ3n) is 5.43. The molecule has 0 atom stereocenters. The number of hydrogen-bond acceptors (Lipinski definition) is 3. The molecule has 0 aliphatic heterocycles. The number of nitrogens with zero attached hydrogens (tertiary/aromatic N) is 4. The number of rotatable bonds is 9. The second kappa shape index (κ2) is 11.0. The van der Waals surface area contributed by atoms with E-state index in [0.717, 1.165) is 55.8 Å². The summed E-state index contributed by atoms with van der Waals surface area (Å²) in [4.78, 5) is 4.91. The minimum atomic E-state index is 0. The van der Waals surface area contributed by atoms with Gasteiger partial charge in [0.25, 0.3) is 0 Å². The Hall–Kier alpha value is -1.38. The number of hydrogen-bond donors (Lipinski definition) is 2. The molecule has 1 aliphatic rings. The topological polar surface area (TPSA) is 66.6 Å². The molecule has 0 aromatic carbocycles. The molecule has 0 unspecified atom stereocenters. The molecule has 0 radical (unpaired) electrons. The van der Waals surface area contributed by atoms with Crippen molar-refractivity contribution >= 4 is 35.6 Å². The minimum absolute atomic E-state index is 0. The molecule has 2 aromatic heterocycles. The third-order valence-corrected chi connectivity index (χ3v) is 5.43. The maximum absolute atomic E-state index is 4.91. The molecule has 156 valence electrons. The molecule has 2 N–H and O–H groups in total. The lowest BCUT2D eigenvalue weighted by Crippen LogP contribution is -2.40. The Bertz CT molecular complexity index is 750. The summed E-state index contributed by atoms with van der Waals surface area (Å²) in [5, 5.41) is 15.4. The first kappa shape index (κ1) is 22.9. The molecular weight excluding hydrogens is 463 g/mol. The van der Waals surface area contributed by atoms with Crippen LogP contribution < -0.4 is 10.6 Å². The molecule has 2 heterocycles. The van der Waals surface area contributed by atoms with E-state index in [1.165, 1.54) is 25.7 Å². The maximum atomic E-state index is 4.91. The molecule has 0 bridgehead atoms. The van der Waals surface area contributed by atoms with E-state index in [-0.39, 0.29) is 24.0 Å². The van der Waals surface area contributed by atoms with Gasteiger partial charge in [0.2, 0.25) is 0 Å². The largest absolute Gasteiger partial charge is 0.357 e. The lowest BCUT2D eigenvalue weighted by molar-refractivity contribution is 0.111. The van der Waals surface area contributed by atoms with E-state index < -0.39 is 0 Å². The summed E-state index contributed by atoms with van der Waals surface area (Å²) in [5.74, 6) is 2.70.